The summed E-state index contributed by atoms with van der Waals surface area (Å²) in [4.78, 5) is 19.4. The highest BCUT2D eigenvalue weighted by Gasteiger charge is 2.34. The predicted octanol–water partition coefficient (Wildman–Crippen LogP) is 5.48. The molecule has 0 unspecified atom stereocenters. The first-order chi connectivity index (χ1) is 13.8. The molecule has 0 spiro atoms. The Bertz CT molecular complexity index is 1040. The topological polar surface area (TPSA) is 45.2 Å². The lowest BCUT2D eigenvalue weighted by Crippen LogP contribution is -2.38. The van der Waals surface area contributed by atoms with Crippen molar-refractivity contribution >= 4 is 38.3 Å². The molecular weight excluding hydrogens is 399 g/mol. The van der Waals surface area contributed by atoms with Gasteiger partial charge in [-0.15, -0.1) is 0 Å². The third kappa shape index (κ3) is 4.22. The zero-order valence-corrected chi connectivity index (χ0v) is 16.6. The number of rotatable bonds is 3. The van der Waals surface area contributed by atoms with E-state index in [1.807, 2.05) is 19.1 Å². The Morgan fingerprint density at radius 3 is 2.62 bits per heavy atom. The molecule has 1 aliphatic rings. The number of aromatic nitrogens is 1. The van der Waals surface area contributed by atoms with E-state index in [4.69, 9.17) is 0 Å². The van der Waals surface area contributed by atoms with Gasteiger partial charge in [-0.25, -0.2) is 4.98 Å². The van der Waals surface area contributed by atoms with Crippen LogP contribution in [0.5, 0.6) is 0 Å². The van der Waals surface area contributed by atoms with Crippen LogP contribution in [0.4, 0.5) is 24.0 Å². The Balaban J connectivity index is 1.41. The molecule has 1 saturated heterocycles. The van der Waals surface area contributed by atoms with Gasteiger partial charge in [0.25, 0.3) is 0 Å². The van der Waals surface area contributed by atoms with Gasteiger partial charge in [0.1, 0.15) is 0 Å². The summed E-state index contributed by atoms with van der Waals surface area (Å²) in [7, 11) is 0. The number of benzene rings is 2. The van der Waals surface area contributed by atoms with Crippen LogP contribution in [0, 0.1) is 12.8 Å². The third-order valence-corrected chi connectivity index (χ3v) is 6.24. The van der Waals surface area contributed by atoms with Crippen molar-refractivity contribution < 1.29 is 18.0 Å². The number of hydrogen-bond acceptors (Lipinski definition) is 4. The van der Waals surface area contributed by atoms with E-state index in [9.17, 15) is 18.0 Å². The number of carbonyl (C=O) groups is 1. The van der Waals surface area contributed by atoms with Gasteiger partial charge in [-0.1, -0.05) is 29.5 Å². The first-order valence-corrected chi connectivity index (χ1v) is 10.2. The SMILES string of the molecule is Cc1ccc2nc(N3CCC(C(=O)Nc4ccccc4C(F)(F)F)CC3)sc2c1. The molecule has 2 heterocycles. The second-order valence-corrected chi connectivity index (χ2v) is 8.27. The number of nitrogens with one attached hydrogen (secondary N) is 1. The number of alkyl halides is 3. The summed E-state index contributed by atoms with van der Waals surface area (Å²) in [5.74, 6) is -0.676. The molecule has 1 amide bonds. The van der Waals surface area contributed by atoms with Crippen LogP contribution in [0.25, 0.3) is 10.2 Å². The Labute approximate surface area is 170 Å². The molecule has 0 radical (unpaired) electrons. The van der Waals surface area contributed by atoms with Gasteiger partial charge in [0.05, 0.1) is 21.5 Å². The minimum Gasteiger partial charge on any atom is -0.348 e. The van der Waals surface area contributed by atoms with Crippen molar-refractivity contribution in [2.24, 2.45) is 5.92 Å². The van der Waals surface area contributed by atoms with Crippen molar-refractivity contribution in [3.63, 3.8) is 0 Å². The van der Waals surface area contributed by atoms with E-state index >= 15 is 0 Å². The fraction of sp³-hybridized carbons (Fsp3) is 0.333. The number of piperidine rings is 1. The molecule has 8 heteroatoms. The number of carbonyl (C=O) groups excluding carboxylic acids is 1. The first kappa shape index (κ1) is 19.7. The van der Waals surface area contributed by atoms with Gasteiger partial charge >= 0.3 is 6.18 Å². The molecule has 1 aromatic heterocycles. The van der Waals surface area contributed by atoms with Crippen LogP contribution >= 0.6 is 11.3 Å². The second kappa shape index (κ2) is 7.67. The van der Waals surface area contributed by atoms with Crippen LogP contribution in [0.1, 0.15) is 24.0 Å². The van der Waals surface area contributed by atoms with Crippen molar-refractivity contribution in [1.29, 1.82) is 0 Å². The Morgan fingerprint density at radius 1 is 1.17 bits per heavy atom. The lowest BCUT2D eigenvalue weighted by atomic mass is 9.96. The molecule has 0 bridgehead atoms. The third-order valence-electron chi connectivity index (χ3n) is 5.16. The maximum atomic E-state index is 13.1. The minimum atomic E-state index is -4.50. The molecule has 0 aliphatic carbocycles. The van der Waals surface area contributed by atoms with Crippen LogP contribution in [-0.2, 0) is 11.0 Å². The molecule has 29 heavy (non-hydrogen) atoms. The van der Waals surface area contributed by atoms with Crippen molar-refractivity contribution in [1.82, 2.24) is 4.98 Å². The van der Waals surface area contributed by atoms with Crippen molar-refractivity contribution in [2.45, 2.75) is 25.9 Å². The van der Waals surface area contributed by atoms with Gasteiger partial charge < -0.3 is 10.2 Å². The Morgan fingerprint density at radius 2 is 1.90 bits per heavy atom. The molecule has 4 nitrogen and oxygen atoms in total. The number of thiazole rings is 1. The summed E-state index contributed by atoms with van der Waals surface area (Å²) in [6, 6.07) is 11.2. The van der Waals surface area contributed by atoms with Gasteiger partial charge in [0.2, 0.25) is 5.91 Å². The van der Waals surface area contributed by atoms with Crippen LogP contribution in [0.2, 0.25) is 0 Å². The lowest BCUT2D eigenvalue weighted by Gasteiger charge is -2.31. The van der Waals surface area contributed by atoms with E-state index in [1.54, 1.807) is 11.3 Å². The summed E-state index contributed by atoms with van der Waals surface area (Å²) in [6.07, 6.45) is -3.34. The van der Waals surface area contributed by atoms with Gasteiger partial charge in [0.15, 0.2) is 5.13 Å². The quantitative estimate of drug-likeness (QED) is 0.612. The molecule has 1 fully saturated rings. The number of anilines is 2. The highest BCUT2D eigenvalue weighted by Crippen LogP contribution is 2.36. The fourth-order valence-corrected chi connectivity index (χ4v) is 4.68. The van der Waals surface area contributed by atoms with E-state index in [0.29, 0.717) is 25.9 Å². The molecule has 4 rings (SSSR count). The number of para-hydroxylation sites is 1. The number of amides is 1. The zero-order chi connectivity index (χ0) is 20.6. The predicted molar refractivity (Wildman–Crippen MR) is 109 cm³/mol. The van der Waals surface area contributed by atoms with Gasteiger partial charge in [-0.3, -0.25) is 4.79 Å². The fourth-order valence-electron chi connectivity index (χ4n) is 3.56. The van der Waals surface area contributed by atoms with Crippen LogP contribution in [0.3, 0.4) is 0 Å². The van der Waals surface area contributed by atoms with E-state index in [0.717, 1.165) is 21.4 Å². The molecule has 0 saturated carbocycles. The van der Waals surface area contributed by atoms with Crippen LogP contribution in [-0.4, -0.2) is 24.0 Å². The number of hydrogen-bond donors (Lipinski definition) is 1. The van der Waals surface area contributed by atoms with Crippen LogP contribution < -0.4 is 10.2 Å². The van der Waals surface area contributed by atoms with E-state index < -0.39 is 11.7 Å². The minimum absolute atomic E-state index is 0.186. The van der Waals surface area contributed by atoms with Crippen molar-refractivity contribution in [3.8, 4) is 0 Å². The monoisotopic (exact) mass is 419 g/mol. The summed E-state index contributed by atoms with van der Waals surface area (Å²) in [6.45, 7) is 3.34. The maximum Gasteiger partial charge on any atom is 0.418 e. The zero-order valence-electron chi connectivity index (χ0n) is 15.8. The largest absolute Gasteiger partial charge is 0.418 e. The smallest absolute Gasteiger partial charge is 0.348 e. The number of halogens is 3. The summed E-state index contributed by atoms with van der Waals surface area (Å²) < 4.78 is 40.5. The molecule has 2 aromatic carbocycles. The van der Waals surface area contributed by atoms with Gasteiger partial charge in [0, 0.05) is 19.0 Å². The Kier molecular flexibility index (Phi) is 5.21. The molecule has 1 N–H and O–H groups in total. The van der Waals surface area contributed by atoms with Crippen molar-refractivity contribution in [3.05, 3.63) is 53.6 Å². The average molecular weight is 419 g/mol. The molecular formula is C21H20F3N3OS. The maximum absolute atomic E-state index is 13.1. The Hall–Kier alpha value is -2.61. The van der Waals surface area contributed by atoms with Gasteiger partial charge in [-0.2, -0.15) is 13.2 Å². The molecule has 152 valence electrons. The summed E-state index contributed by atoms with van der Waals surface area (Å²) in [5.41, 5.74) is 1.13. The molecule has 1 aliphatic heterocycles. The molecule has 0 atom stereocenters. The normalized spacial score (nSPS) is 15.7. The van der Waals surface area contributed by atoms with Crippen LogP contribution in [0.15, 0.2) is 42.5 Å². The lowest BCUT2D eigenvalue weighted by molar-refractivity contribution is -0.137. The number of nitrogens with zero attached hydrogens (tertiary/aromatic N) is 2. The number of aryl methyl sites for hydroxylation is 1. The second-order valence-electron chi connectivity index (χ2n) is 7.26. The first-order valence-electron chi connectivity index (χ1n) is 9.40. The highest BCUT2D eigenvalue weighted by molar-refractivity contribution is 7.22. The average Bonchev–Trinajstić information content (AvgIpc) is 3.11. The number of fused-ring (bicyclic) bond motifs is 1. The van der Waals surface area contributed by atoms with Gasteiger partial charge in [-0.05, 0) is 49.6 Å². The van der Waals surface area contributed by atoms with E-state index in [2.05, 4.69) is 21.3 Å². The summed E-state index contributed by atoms with van der Waals surface area (Å²) >= 11 is 1.62. The standard InChI is InChI=1S/C21H20F3N3OS/c1-13-6-7-17-18(12-13)29-20(26-17)27-10-8-14(9-11-27)19(28)25-16-5-3-2-4-15(16)21(22,23)24/h2-7,12,14H,8-11H2,1H3,(H,25,28). The van der Waals surface area contributed by atoms with E-state index in [-0.39, 0.29) is 17.5 Å². The summed E-state index contributed by atoms with van der Waals surface area (Å²) in [5, 5.41) is 3.40. The van der Waals surface area contributed by atoms with Crippen molar-refractivity contribution in [2.75, 3.05) is 23.3 Å². The molecule has 3 aromatic rings. The van der Waals surface area contributed by atoms with E-state index in [1.165, 1.54) is 23.8 Å². The highest BCUT2D eigenvalue weighted by atomic mass is 32.1.